The van der Waals surface area contributed by atoms with E-state index in [2.05, 4.69) is 24.0 Å². The van der Waals surface area contributed by atoms with E-state index >= 15 is 0 Å². The zero-order valence-electron chi connectivity index (χ0n) is 17.1. The Labute approximate surface area is 175 Å². The SMILES string of the molecule is CCc1ccc(/C=C2\Oc3c(cc4c(c3C)OCN(Cc3ccco3)C4)C2=O)cc1. The summed E-state index contributed by atoms with van der Waals surface area (Å²) in [5.74, 6) is 2.57. The molecular weight excluding hydrogens is 378 g/mol. The summed E-state index contributed by atoms with van der Waals surface area (Å²) in [6, 6.07) is 13.9. The molecule has 0 atom stereocenters. The minimum atomic E-state index is -0.0846. The number of benzene rings is 2. The molecule has 5 rings (SSSR count). The highest BCUT2D eigenvalue weighted by Crippen LogP contribution is 2.43. The number of aryl methyl sites for hydroxylation is 1. The number of allylic oxidation sites excluding steroid dienone is 1. The lowest BCUT2D eigenvalue weighted by Gasteiger charge is -2.29. The molecule has 3 heterocycles. The van der Waals surface area contributed by atoms with E-state index in [-0.39, 0.29) is 5.78 Å². The first kappa shape index (κ1) is 18.7. The summed E-state index contributed by atoms with van der Waals surface area (Å²) in [5, 5.41) is 0. The van der Waals surface area contributed by atoms with E-state index < -0.39 is 0 Å². The molecule has 0 N–H and O–H groups in total. The monoisotopic (exact) mass is 401 g/mol. The lowest BCUT2D eigenvalue weighted by Crippen LogP contribution is -2.31. The second-order valence-electron chi connectivity index (χ2n) is 7.74. The molecule has 0 fully saturated rings. The van der Waals surface area contributed by atoms with Gasteiger partial charge in [-0.15, -0.1) is 0 Å². The van der Waals surface area contributed by atoms with Crippen LogP contribution in [-0.4, -0.2) is 17.4 Å². The molecule has 0 saturated heterocycles. The normalized spacial score (nSPS) is 16.9. The number of rotatable bonds is 4. The van der Waals surface area contributed by atoms with Crippen molar-refractivity contribution < 1.29 is 18.7 Å². The number of carbonyl (C=O) groups is 1. The van der Waals surface area contributed by atoms with Crippen molar-refractivity contribution in [3.63, 3.8) is 0 Å². The van der Waals surface area contributed by atoms with Gasteiger partial charge >= 0.3 is 0 Å². The quantitative estimate of drug-likeness (QED) is 0.568. The highest BCUT2D eigenvalue weighted by Gasteiger charge is 2.33. The highest BCUT2D eigenvalue weighted by molar-refractivity contribution is 6.15. The van der Waals surface area contributed by atoms with Crippen molar-refractivity contribution in [3.05, 3.63) is 88.1 Å². The van der Waals surface area contributed by atoms with Crippen LogP contribution in [0, 0.1) is 6.92 Å². The fraction of sp³-hybridized carbons (Fsp3) is 0.240. The van der Waals surface area contributed by atoms with Crippen LogP contribution in [-0.2, 0) is 19.5 Å². The number of fused-ring (bicyclic) bond motifs is 2. The molecule has 0 bridgehead atoms. The average molecular weight is 401 g/mol. The van der Waals surface area contributed by atoms with E-state index in [9.17, 15) is 4.79 Å². The number of ether oxygens (including phenoxy) is 2. The van der Waals surface area contributed by atoms with Gasteiger partial charge in [0, 0.05) is 17.7 Å². The molecule has 2 aromatic carbocycles. The van der Waals surface area contributed by atoms with Crippen molar-refractivity contribution in [3.8, 4) is 11.5 Å². The average Bonchev–Trinajstić information content (AvgIpc) is 3.38. The van der Waals surface area contributed by atoms with E-state index in [0.717, 1.165) is 34.6 Å². The van der Waals surface area contributed by atoms with Gasteiger partial charge in [0.1, 0.15) is 24.0 Å². The lowest BCUT2D eigenvalue weighted by atomic mass is 10.00. The summed E-state index contributed by atoms with van der Waals surface area (Å²) in [7, 11) is 0. The number of nitrogens with zero attached hydrogens (tertiary/aromatic N) is 1. The largest absolute Gasteiger partial charge is 0.477 e. The molecule has 2 aliphatic rings. The minimum absolute atomic E-state index is 0.0846. The van der Waals surface area contributed by atoms with Gasteiger partial charge in [-0.05, 0) is 48.7 Å². The fourth-order valence-electron chi connectivity index (χ4n) is 4.02. The molecule has 0 radical (unpaired) electrons. The van der Waals surface area contributed by atoms with E-state index in [1.807, 2.05) is 43.3 Å². The van der Waals surface area contributed by atoms with E-state index in [0.29, 0.717) is 36.9 Å². The van der Waals surface area contributed by atoms with Crippen LogP contribution in [0.5, 0.6) is 11.5 Å². The summed E-state index contributed by atoms with van der Waals surface area (Å²) in [6.45, 7) is 5.89. The van der Waals surface area contributed by atoms with Crippen LogP contribution in [0.25, 0.3) is 6.08 Å². The van der Waals surface area contributed by atoms with Crippen LogP contribution in [0.1, 0.15) is 45.3 Å². The van der Waals surface area contributed by atoms with Gasteiger partial charge in [-0.1, -0.05) is 31.2 Å². The van der Waals surface area contributed by atoms with Crippen LogP contribution in [0.3, 0.4) is 0 Å². The van der Waals surface area contributed by atoms with Gasteiger partial charge in [0.25, 0.3) is 0 Å². The molecule has 5 heteroatoms. The molecular formula is C25H23NO4. The maximum absolute atomic E-state index is 13.0. The van der Waals surface area contributed by atoms with Gasteiger partial charge in [-0.25, -0.2) is 0 Å². The number of hydrogen-bond donors (Lipinski definition) is 0. The summed E-state index contributed by atoms with van der Waals surface area (Å²) >= 11 is 0. The third-order valence-electron chi connectivity index (χ3n) is 5.65. The van der Waals surface area contributed by atoms with Crippen LogP contribution >= 0.6 is 0 Å². The Morgan fingerprint density at radius 1 is 1.13 bits per heavy atom. The highest BCUT2D eigenvalue weighted by atomic mass is 16.5. The second-order valence-corrected chi connectivity index (χ2v) is 7.74. The molecule has 0 unspecified atom stereocenters. The number of ketones is 1. The standard InChI is InChI=1S/C25H23NO4/c1-3-17-6-8-18(9-7-17)11-22-23(27)21-12-19-13-26(14-20-5-4-10-28-20)15-29-24(19)16(2)25(21)30-22/h4-12H,3,13-15H2,1-2H3/b22-11-. The summed E-state index contributed by atoms with van der Waals surface area (Å²) in [4.78, 5) is 15.2. The maximum atomic E-state index is 13.0. The van der Waals surface area contributed by atoms with Gasteiger partial charge in [0.2, 0.25) is 5.78 Å². The predicted molar refractivity (Wildman–Crippen MR) is 113 cm³/mol. The first-order chi connectivity index (χ1) is 14.6. The van der Waals surface area contributed by atoms with E-state index in [4.69, 9.17) is 13.9 Å². The van der Waals surface area contributed by atoms with Crippen molar-refractivity contribution in [2.45, 2.75) is 33.4 Å². The zero-order valence-corrected chi connectivity index (χ0v) is 17.1. The summed E-state index contributed by atoms with van der Waals surface area (Å²) in [5.41, 5.74) is 4.68. The minimum Gasteiger partial charge on any atom is -0.477 e. The van der Waals surface area contributed by atoms with Crippen molar-refractivity contribution in [2.24, 2.45) is 0 Å². The van der Waals surface area contributed by atoms with Gasteiger partial charge in [-0.3, -0.25) is 9.69 Å². The molecule has 30 heavy (non-hydrogen) atoms. The Kier molecular flexibility index (Phi) is 4.68. The molecule has 1 aromatic heterocycles. The van der Waals surface area contributed by atoms with E-state index in [1.54, 1.807) is 6.26 Å². The topological polar surface area (TPSA) is 51.9 Å². The molecule has 0 amide bonds. The Hall–Kier alpha value is -3.31. The van der Waals surface area contributed by atoms with Gasteiger partial charge in [-0.2, -0.15) is 0 Å². The van der Waals surface area contributed by atoms with Crippen LogP contribution < -0.4 is 9.47 Å². The zero-order chi connectivity index (χ0) is 20.7. The molecule has 5 nitrogen and oxygen atoms in total. The number of carbonyl (C=O) groups excluding carboxylic acids is 1. The van der Waals surface area contributed by atoms with Gasteiger partial charge < -0.3 is 13.9 Å². The smallest absolute Gasteiger partial charge is 0.231 e. The number of hydrogen-bond acceptors (Lipinski definition) is 5. The van der Waals surface area contributed by atoms with Crippen molar-refractivity contribution in [2.75, 3.05) is 6.73 Å². The van der Waals surface area contributed by atoms with Crippen LogP contribution in [0.2, 0.25) is 0 Å². The van der Waals surface area contributed by atoms with Crippen molar-refractivity contribution >= 4 is 11.9 Å². The first-order valence-electron chi connectivity index (χ1n) is 10.2. The third kappa shape index (κ3) is 3.31. The van der Waals surface area contributed by atoms with Crippen LogP contribution in [0.15, 0.2) is 58.9 Å². The Morgan fingerprint density at radius 2 is 1.97 bits per heavy atom. The number of furan rings is 1. The van der Waals surface area contributed by atoms with Gasteiger partial charge in [0.15, 0.2) is 5.76 Å². The molecule has 0 aliphatic carbocycles. The molecule has 3 aromatic rings. The van der Waals surface area contributed by atoms with E-state index in [1.165, 1.54) is 5.56 Å². The summed E-state index contributed by atoms with van der Waals surface area (Å²) in [6.07, 6.45) is 4.47. The summed E-state index contributed by atoms with van der Waals surface area (Å²) < 4.78 is 17.5. The Balaban J connectivity index is 1.42. The number of Topliss-reactive ketones (excluding diaryl/α,β-unsaturated/α-hetero) is 1. The Bertz CT molecular complexity index is 1130. The second kappa shape index (κ2) is 7.50. The van der Waals surface area contributed by atoms with Crippen molar-refractivity contribution in [1.29, 1.82) is 0 Å². The maximum Gasteiger partial charge on any atom is 0.231 e. The molecule has 0 spiro atoms. The third-order valence-corrected chi connectivity index (χ3v) is 5.65. The first-order valence-corrected chi connectivity index (χ1v) is 10.2. The molecule has 2 aliphatic heterocycles. The fourth-order valence-corrected chi connectivity index (χ4v) is 4.02. The molecule has 152 valence electrons. The van der Waals surface area contributed by atoms with Crippen LogP contribution in [0.4, 0.5) is 0 Å². The predicted octanol–water partition coefficient (Wildman–Crippen LogP) is 5.12. The lowest BCUT2D eigenvalue weighted by molar-refractivity contribution is 0.0813. The van der Waals surface area contributed by atoms with Gasteiger partial charge in [0.05, 0.1) is 18.4 Å². The Morgan fingerprint density at radius 3 is 2.70 bits per heavy atom. The molecule has 0 saturated carbocycles. The van der Waals surface area contributed by atoms with Crippen molar-refractivity contribution in [1.82, 2.24) is 4.90 Å².